The number of ether oxygens (including phenoxy) is 2. The number of nitrogens with zero attached hydrogens (tertiary/aromatic N) is 3. The molecular formula is C19H26N4O4. The molecule has 1 heterocycles. The lowest BCUT2D eigenvalue weighted by atomic mass is 10.2. The third-order valence-electron chi connectivity index (χ3n) is 3.03. The number of aromatic nitrogens is 2. The van der Waals surface area contributed by atoms with Crippen LogP contribution in [0, 0.1) is 0 Å². The number of carbonyl (C=O) groups excluding carboxylic acids is 2. The summed E-state index contributed by atoms with van der Waals surface area (Å²) in [7, 11) is 0. The lowest BCUT2D eigenvalue weighted by molar-refractivity contribution is 0.0424. The van der Waals surface area contributed by atoms with Gasteiger partial charge in [-0.1, -0.05) is 18.2 Å². The van der Waals surface area contributed by atoms with Crippen LogP contribution in [0.4, 0.5) is 15.4 Å². The number of amides is 2. The summed E-state index contributed by atoms with van der Waals surface area (Å²) >= 11 is 0. The standard InChI is InChI=1S/C19H26N4O4/c1-18(2,3)26-16(24)21-23(17(25)27-19(4,5)6)15-12-22(13-20-15)14-10-8-7-9-11-14/h7-13H,1-6H3,(H,21,24). The Bertz CT molecular complexity index is 788. The Kier molecular flexibility index (Phi) is 5.78. The van der Waals surface area contributed by atoms with Crippen molar-refractivity contribution in [1.82, 2.24) is 15.0 Å². The summed E-state index contributed by atoms with van der Waals surface area (Å²) in [6.07, 6.45) is 1.59. The van der Waals surface area contributed by atoms with Crippen LogP contribution in [0.25, 0.3) is 5.69 Å². The first-order valence-corrected chi connectivity index (χ1v) is 8.57. The van der Waals surface area contributed by atoms with E-state index in [4.69, 9.17) is 9.47 Å². The fourth-order valence-electron chi connectivity index (χ4n) is 2.07. The van der Waals surface area contributed by atoms with Crippen LogP contribution in [0.5, 0.6) is 0 Å². The number of para-hydroxylation sites is 1. The Morgan fingerprint density at radius 3 is 2.15 bits per heavy atom. The summed E-state index contributed by atoms with van der Waals surface area (Å²) in [6.45, 7) is 10.4. The molecule has 2 rings (SSSR count). The molecule has 0 aliphatic carbocycles. The highest BCUT2D eigenvalue weighted by atomic mass is 16.6. The van der Waals surface area contributed by atoms with Gasteiger partial charge in [-0.2, -0.15) is 5.01 Å². The minimum absolute atomic E-state index is 0.193. The molecule has 27 heavy (non-hydrogen) atoms. The summed E-state index contributed by atoms with van der Waals surface area (Å²) in [6, 6.07) is 9.47. The number of hydrogen-bond acceptors (Lipinski definition) is 5. The van der Waals surface area contributed by atoms with Gasteiger partial charge < -0.3 is 14.0 Å². The van der Waals surface area contributed by atoms with Gasteiger partial charge >= 0.3 is 12.2 Å². The maximum atomic E-state index is 12.6. The summed E-state index contributed by atoms with van der Waals surface area (Å²) in [4.78, 5) is 29.0. The predicted molar refractivity (Wildman–Crippen MR) is 102 cm³/mol. The minimum atomic E-state index is -0.789. The summed E-state index contributed by atoms with van der Waals surface area (Å²) in [5, 5.41) is 0.929. The van der Waals surface area contributed by atoms with E-state index in [2.05, 4.69) is 10.4 Å². The van der Waals surface area contributed by atoms with Gasteiger partial charge in [0.25, 0.3) is 0 Å². The summed E-state index contributed by atoms with van der Waals surface area (Å²) < 4.78 is 12.3. The molecule has 146 valence electrons. The van der Waals surface area contributed by atoms with E-state index in [-0.39, 0.29) is 5.82 Å². The zero-order valence-electron chi connectivity index (χ0n) is 16.5. The van der Waals surface area contributed by atoms with Gasteiger partial charge in [0.15, 0.2) is 5.82 Å². The highest BCUT2D eigenvalue weighted by Crippen LogP contribution is 2.18. The van der Waals surface area contributed by atoms with E-state index >= 15 is 0 Å². The minimum Gasteiger partial charge on any atom is -0.443 e. The van der Waals surface area contributed by atoms with E-state index in [1.807, 2.05) is 30.3 Å². The predicted octanol–water partition coefficient (Wildman–Crippen LogP) is 4.05. The van der Waals surface area contributed by atoms with Crippen molar-refractivity contribution in [2.45, 2.75) is 52.7 Å². The number of rotatable bonds is 2. The molecule has 8 nitrogen and oxygen atoms in total. The SMILES string of the molecule is CC(C)(C)OC(=O)NN(C(=O)OC(C)(C)C)c1cn(-c2ccccc2)cn1. The van der Waals surface area contributed by atoms with Crippen LogP contribution in [-0.2, 0) is 9.47 Å². The van der Waals surface area contributed by atoms with Crippen LogP contribution in [0.2, 0.25) is 0 Å². The van der Waals surface area contributed by atoms with Gasteiger partial charge in [-0.25, -0.2) is 20.0 Å². The van der Waals surface area contributed by atoms with Gasteiger partial charge in [-0.15, -0.1) is 0 Å². The van der Waals surface area contributed by atoms with Gasteiger partial charge in [-0.05, 0) is 53.7 Å². The van der Waals surface area contributed by atoms with Gasteiger partial charge in [-0.3, -0.25) is 0 Å². The third-order valence-corrected chi connectivity index (χ3v) is 3.03. The van der Waals surface area contributed by atoms with Crippen molar-refractivity contribution in [3.8, 4) is 5.69 Å². The molecule has 0 fully saturated rings. The van der Waals surface area contributed by atoms with Crippen molar-refractivity contribution >= 4 is 18.0 Å². The zero-order valence-corrected chi connectivity index (χ0v) is 16.5. The second-order valence-electron chi connectivity index (χ2n) is 7.90. The third kappa shape index (κ3) is 6.32. The molecule has 2 aromatic rings. The number of carbonyl (C=O) groups is 2. The number of hydrogen-bond donors (Lipinski definition) is 1. The first-order chi connectivity index (χ1) is 12.4. The van der Waals surface area contributed by atoms with E-state index in [9.17, 15) is 9.59 Å². The molecule has 1 N–H and O–H groups in total. The molecule has 1 aromatic heterocycles. The topological polar surface area (TPSA) is 85.7 Å². The summed E-state index contributed by atoms with van der Waals surface area (Å²) in [5.74, 6) is 0.193. The average Bonchev–Trinajstić information content (AvgIpc) is 2.99. The van der Waals surface area contributed by atoms with Crippen molar-refractivity contribution in [3.63, 3.8) is 0 Å². The van der Waals surface area contributed by atoms with Crippen molar-refractivity contribution < 1.29 is 19.1 Å². The molecule has 0 unspecified atom stereocenters. The van der Waals surface area contributed by atoms with Gasteiger partial charge in [0, 0.05) is 5.69 Å². The quantitative estimate of drug-likeness (QED) is 0.802. The van der Waals surface area contributed by atoms with Crippen LogP contribution in [0.1, 0.15) is 41.5 Å². The highest BCUT2D eigenvalue weighted by Gasteiger charge is 2.28. The largest absolute Gasteiger partial charge is 0.443 e. The Morgan fingerprint density at radius 1 is 1.00 bits per heavy atom. The fraction of sp³-hybridized carbons (Fsp3) is 0.421. The number of anilines is 1. The van der Waals surface area contributed by atoms with Crippen LogP contribution in [0.3, 0.4) is 0 Å². The van der Waals surface area contributed by atoms with E-state index < -0.39 is 23.4 Å². The van der Waals surface area contributed by atoms with Gasteiger partial charge in [0.05, 0.1) is 6.20 Å². The van der Waals surface area contributed by atoms with Crippen LogP contribution >= 0.6 is 0 Å². The molecule has 1 aromatic carbocycles. The molecule has 0 saturated heterocycles. The maximum Gasteiger partial charge on any atom is 0.435 e. The maximum absolute atomic E-state index is 12.6. The van der Waals surface area contributed by atoms with Gasteiger partial charge in [0.2, 0.25) is 0 Å². The number of imidazole rings is 1. The first kappa shape index (κ1) is 20.3. The molecule has 8 heteroatoms. The summed E-state index contributed by atoms with van der Waals surface area (Å²) in [5.41, 5.74) is 1.80. The second kappa shape index (κ2) is 7.69. The molecular weight excluding hydrogens is 348 g/mol. The molecule has 0 radical (unpaired) electrons. The van der Waals surface area contributed by atoms with E-state index in [0.717, 1.165) is 10.7 Å². The van der Waals surface area contributed by atoms with Crippen molar-refractivity contribution in [2.75, 3.05) is 5.01 Å². The fourth-order valence-corrected chi connectivity index (χ4v) is 2.07. The number of nitrogens with one attached hydrogen (secondary N) is 1. The van der Waals surface area contributed by atoms with Crippen molar-refractivity contribution in [3.05, 3.63) is 42.9 Å². The lowest BCUT2D eigenvalue weighted by Crippen LogP contribution is -2.50. The number of hydrazine groups is 1. The molecule has 0 bridgehead atoms. The van der Waals surface area contributed by atoms with Crippen LogP contribution in [-0.4, -0.2) is 32.9 Å². The Morgan fingerprint density at radius 2 is 1.59 bits per heavy atom. The Hall–Kier alpha value is -3.03. The molecule has 2 amide bonds. The highest BCUT2D eigenvalue weighted by molar-refractivity contribution is 5.89. The first-order valence-electron chi connectivity index (χ1n) is 8.57. The van der Waals surface area contributed by atoms with E-state index in [1.165, 1.54) is 0 Å². The van der Waals surface area contributed by atoms with Gasteiger partial charge in [0.1, 0.15) is 17.5 Å². The smallest absolute Gasteiger partial charge is 0.435 e. The van der Waals surface area contributed by atoms with Crippen molar-refractivity contribution in [1.29, 1.82) is 0 Å². The van der Waals surface area contributed by atoms with E-state index in [0.29, 0.717) is 0 Å². The van der Waals surface area contributed by atoms with E-state index in [1.54, 1.807) is 58.6 Å². The molecule has 0 aliphatic heterocycles. The lowest BCUT2D eigenvalue weighted by Gasteiger charge is -2.27. The normalized spacial score (nSPS) is 11.6. The average molecular weight is 374 g/mol. The second-order valence-corrected chi connectivity index (χ2v) is 7.90. The molecule has 0 atom stereocenters. The van der Waals surface area contributed by atoms with Crippen LogP contribution < -0.4 is 10.4 Å². The van der Waals surface area contributed by atoms with Crippen molar-refractivity contribution in [2.24, 2.45) is 0 Å². The molecule has 0 saturated carbocycles. The molecule has 0 aliphatic rings. The Balaban J connectivity index is 2.28. The monoisotopic (exact) mass is 374 g/mol. The zero-order chi connectivity index (χ0) is 20.2. The molecule has 0 spiro atoms. The number of benzene rings is 1. The Labute approximate surface area is 159 Å². The van der Waals surface area contributed by atoms with Crippen LogP contribution in [0.15, 0.2) is 42.9 Å².